The van der Waals surface area contributed by atoms with Crippen molar-refractivity contribution in [1.29, 1.82) is 0 Å². The summed E-state index contributed by atoms with van der Waals surface area (Å²) in [5, 5.41) is 9.17. The van der Waals surface area contributed by atoms with E-state index < -0.39 is 11.7 Å². The molecule has 0 saturated carbocycles. The van der Waals surface area contributed by atoms with Gasteiger partial charge in [0.15, 0.2) is 0 Å². The Balaban J connectivity index is 1.59. The fourth-order valence-electron chi connectivity index (χ4n) is 2.71. The van der Waals surface area contributed by atoms with Gasteiger partial charge >= 0.3 is 6.18 Å². The lowest BCUT2D eigenvalue weighted by atomic mass is 10.2. The highest BCUT2D eigenvalue weighted by Crippen LogP contribution is 2.31. The monoisotopic (exact) mass is 435 g/mol. The molecule has 0 spiro atoms. The molecule has 0 aliphatic rings. The first-order valence-electron chi connectivity index (χ1n) is 8.40. The molecule has 0 unspecified atom stereocenters. The number of halogens is 4. The Morgan fingerprint density at radius 2 is 1.97 bits per heavy atom. The van der Waals surface area contributed by atoms with E-state index in [0.717, 1.165) is 22.3 Å². The number of aryl methyl sites for hydroxylation is 1. The van der Waals surface area contributed by atoms with Crippen molar-refractivity contribution in [2.24, 2.45) is 5.10 Å². The van der Waals surface area contributed by atoms with Gasteiger partial charge in [0.05, 0.1) is 38.9 Å². The van der Waals surface area contributed by atoms with Crippen LogP contribution < -0.4 is 5.43 Å². The zero-order valence-electron chi connectivity index (χ0n) is 14.9. The molecule has 0 atom stereocenters. The summed E-state index contributed by atoms with van der Waals surface area (Å²) in [4.78, 5) is 4.41. The van der Waals surface area contributed by atoms with Crippen molar-refractivity contribution in [2.45, 2.75) is 13.1 Å². The summed E-state index contributed by atoms with van der Waals surface area (Å²) >= 11 is 7.81. The zero-order chi connectivity index (χ0) is 20.6. The minimum atomic E-state index is -4.45. The van der Waals surface area contributed by atoms with E-state index in [1.807, 2.05) is 24.3 Å². The zero-order valence-corrected chi connectivity index (χ0v) is 16.5. The summed E-state index contributed by atoms with van der Waals surface area (Å²) in [6.45, 7) is 1.70. The number of nitrogens with one attached hydrogen (secondary N) is 1. The number of hydrogen-bond donors (Lipinski definition) is 1. The van der Waals surface area contributed by atoms with Crippen molar-refractivity contribution >= 4 is 44.5 Å². The summed E-state index contributed by atoms with van der Waals surface area (Å²) in [6, 6.07) is 12.5. The predicted molar refractivity (Wildman–Crippen MR) is 109 cm³/mol. The molecule has 4 aromatic rings. The smallest absolute Gasteiger partial charge is 0.253 e. The number of nitrogens with zero attached hydrogens (tertiary/aromatic N) is 4. The second-order valence-electron chi connectivity index (χ2n) is 6.11. The van der Waals surface area contributed by atoms with E-state index in [4.69, 9.17) is 11.6 Å². The van der Waals surface area contributed by atoms with Gasteiger partial charge in [-0.05, 0) is 37.3 Å². The number of fused-ring (bicyclic) bond motifs is 1. The van der Waals surface area contributed by atoms with Gasteiger partial charge in [-0.15, -0.1) is 0 Å². The first kappa shape index (κ1) is 19.4. The molecule has 1 N–H and O–H groups in total. The number of hydrogen-bond acceptors (Lipinski definition) is 5. The van der Waals surface area contributed by atoms with Crippen molar-refractivity contribution in [1.82, 2.24) is 14.8 Å². The van der Waals surface area contributed by atoms with Gasteiger partial charge in [0.2, 0.25) is 5.13 Å². The van der Waals surface area contributed by atoms with Gasteiger partial charge in [-0.1, -0.05) is 41.1 Å². The van der Waals surface area contributed by atoms with Crippen molar-refractivity contribution in [3.8, 4) is 5.69 Å². The van der Waals surface area contributed by atoms with Crippen molar-refractivity contribution < 1.29 is 13.2 Å². The molecule has 148 valence electrons. The van der Waals surface area contributed by atoms with Crippen LogP contribution >= 0.6 is 22.9 Å². The molecule has 0 fully saturated rings. The Hall–Kier alpha value is -2.91. The fraction of sp³-hybridized carbons (Fsp3) is 0.105. The summed E-state index contributed by atoms with van der Waals surface area (Å²) < 4.78 is 41.2. The quantitative estimate of drug-likeness (QED) is 0.320. The number of hydrazone groups is 1. The Kier molecular flexibility index (Phi) is 5.01. The molecule has 0 aliphatic heterocycles. The summed E-state index contributed by atoms with van der Waals surface area (Å²) in [7, 11) is 0. The highest BCUT2D eigenvalue weighted by molar-refractivity contribution is 7.22. The average molecular weight is 436 g/mol. The van der Waals surface area contributed by atoms with Crippen LogP contribution in [0.15, 0.2) is 53.6 Å². The molecule has 0 radical (unpaired) electrons. The lowest BCUT2D eigenvalue weighted by molar-refractivity contribution is -0.137. The number of alkyl halides is 3. The Labute approximate surface area is 172 Å². The van der Waals surface area contributed by atoms with Crippen LogP contribution in [0.5, 0.6) is 0 Å². The van der Waals surface area contributed by atoms with Gasteiger partial charge in [0.1, 0.15) is 5.15 Å². The predicted octanol–water partition coefficient (Wildman–Crippen LogP) is 5.91. The van der Waals surface area contributed by atoms with E-state index in [9.17, 15) is 13.2 Å². The van der Waals surface area contributed by atoms with Crippen LogP contribution in [0.3, 0.4) is 0 Å². The van der Waals surface area contributed by atoms with Crippen LogP contribution in [0.25, 0.3) is 15.9 Å². The molecule has 4 rings (SSSR count). The van der Waals surface area contributed by atoms with Gasteiger partial charge in [0.25, 0.3) is 0 Å². The van der Waals surface area contributed by atoms with Crippen LogP contribution in [-0.2, 0) is 6.18 Å². The van der Waals surface area contributed by atoms with E-state index in [1.54, 1.807) is 6.92 Å². The van der Waals surface area contributed by atoms with Crippen molar-refractivity contribution in [3.05, 3.63) is 70.5 Å². The molecular formula is C19H13ClF3N5S. The minimum absolute atomic E-state index is 0.164. The number of benzene rings is 2. The van der Waals surface area contributed by atoms with Crippen LogP contribution in [0, 0.1) is 6.92 Å². The van der Waals surface area contributed by atoms with E-state index in [0.29, 0.717) is 16.4 Å². The van der Waals surface area contributed by atoms with Crippen LogP contribution in [0.4, 0.5) is 18.3 Å². The molecule has 2 aromatic heterocycles. The summed E-state index contributed by atoms with van der Waals surface area (Å²) in [6.07, 6.45) is -2.98. The molecule has 5 nitrogen and oxygen atoms in total. The molecule has 0 bridgehead atoms. The first-order valence-corrected chi connectivity index (χ1v) is 9.60. The molecule has 2 heterocycles. The fourth-order valence-corrected chi connectivity index (χ4v) is 3.85. The van der Waals surface area contributed by atoms with Gasteiger partial charge in [-0.25, -0.2) is 9.67 Å². The van der Waals surface area contributed by atoms with E-state index >= 15 is 0 Å². The number of thiazole rings is 1. The Bertz CT molecular complexity index is 1180. The van der Waals surface area contributed by atoms with Gasteiger partial charge < -0.3 is 0 Å². The average Bonchev–Trinajstić information content (AvgIpc) is 3.22. The van der Waals surface area contributed by atoms with E-state index in [-0.39, 0.29) is 10.8 Å². The highest BCUT2D eigenvalue weighted by Gasteiger charge is 2.30. The second-order valence-corrected chi connectivity index (χ2v) is 7.50. The minimum Gasteiger partial charge on any atom is -0.253 e. The molecular weight excluding hydrogens is 423 g/mol. The maximum atomic E-state index is 13.0. The largest absolute Gasteiger partial charge is 0.416 e. The molecule has 0 amide bonds. The molecule has 0 aliphatic carbocycles. The number of aromatic nitrogens is 3. The molecule has 0 saturated heterocycles. The number of rotatable bonds is 4. The van der Waals surface area contributed by atoms with Crippen LogP contribution in [-0.4, -0.2) is 21.0 Å². The highest BCUT2D eigenvalue weighted by atomic mass is 35.5. The van der Waals surface area contributed by atoms with Gasteiger partial charge in [0, 0.05) is 0 Å². The lowest BCUT2D eigenvalue weighted by Crippen LogP contribution is -2.06. The second kappa shape index (κ2) is 7.49. The molecule has 2 aromatic carbocycles. The summed E-state index contributed by atoms with van der Waals surface area (Å²) in [5.74, 6) is 0. The van der Waals surface area contributed by atoms with Crippen molar-refractivity contribution in [2.75, 3.05) is 5.43 Å². The maximum Gasteiger partial charge on any atom is 0.416 e. The van der Waals surface area contributed by atoms with Crippen LogP contribution in [0.1, 0.15) is 16.8 Å². The third-order valence-corrected chi connectivity index (χ3v) is 5.42. The maximum absolute atomic E-state index is 13.0. The van der Waals surface area contributed by atoms with E-state index in [1.165, 1.54) is 34.4 Å². The molecule has 29 heavy (non-hydrogen) atoms. The summed E-state index contributed by atoms with van der Waals surface area (Å²) in [5.41, 5.74) is 4.18. The Morgan fingerprint density at radius 1 is 1.17 bits per heavy atom. The lowest BCUT2D eigenvalue weighted by Gasteiger charge is -2.09. The van der Waals surface area contributed by atoms with Crippen molar-refractivity contribution in [3.63, 3.8) is 0 Å². The Morgan fingerprint density at radius 3 is 2.72 bits per heavy atom. The van der Waals surface area contributed by atoms with Gasteiger partial charge in [-0.3, -0.25) is 5.43 Å². The van der Waals surface area contributed by atoms with E-state index in [2.05, 4.69) is 20.6 Å². The first-order chi connectivity index (χ1) is 13.8. The normalized spacial score (nSPS) is 12.2. The number of para-hydroxylation sites is 1. The van der Waals surface area contributed by atoms with Crippen LogP contribution in [0.2, 0.25) is 5.15 Å². The van der Waals surface area contributed by atoms with Gasteiger partial charge in [-0.2, -0.15) is 23.4 Å². The third-order valence-electron chi connectivity index (χ3n) is 4.11. The SMILES string of the molecule is Cc1nn(-c2cccc(C(F)(F)F)c2)c(Cl)c1C=NNc1nc2ccccc2s1. The number of anilines is 1. The molecule has 10 heteroatoms. The topological polar surface area (TPSA) is 55.1 Å². The third kappa shape index (κ3) is 3.96. The standard InChI is InChI=1S/C19H13ClF3N5S/c1-11-14(10-24-26-18-25-15-7-2-3-8-16(15)29-18)17(20)28(27-11)13-6-4-5-12(9-13)19(21,22)23/h2-10H,1H3,(H,25,26).